The van der Waals surface area contributed by atoms with Crippen LogP contribution in [-0.2, 0) is 35.7 Å². The summed E-state index contributed by atoms with van der Waals surface area (Å²) in [6.07, 6.45) is 0. The molecule has 0 amide bonds. The first kappa shape index (κ1) is 18.1. The van der Waals surface area contributed by atoms with Crippen LogP contribution in [0.1, 0.15) is 11.1 Å². The summed E-state index contributed by atoms with van der Waals surface area (Å²) < 4.78 is 40.5. The highest BCUT2D eigenvalue weighted by Crippen LogP contribution is 2.62. The highest BCUT2D eigenvalue weighted by Gasteiger charge is 2.32. The molecule has 2 aromatic rings. The highest BCUT2D eigenvalue weighted by atomic mass is 31.3. The van der Waals surface area contributed by atoms with E-state index < -0.39 is 15.2 Å². The fourth-order valence-electron chi connectivity index (χ4n) is 1.78. The molecule has 0 saturated carbocycles. The van der Waals surface area contributed by atoms with Crippen LogP contribution >= 0.6 is 15.2 Å². The van der Waals surface area contributed by atoms with Crippen LogP contribution in [0.2, 0.25) is 0 Å². The highest BCUT2D eigenvalue weighted by molar-refractivity contribution is 7.67. The summed E-state index contributed by atoms with van der Waals surface area (Å²) in [6.45, 7) is 2.84. The summed E-state index contributed by atoms with van der Waals surface area (Å²) in [5.74, 6) is 0. The minimum atomic E-state index is -3.93. The molecule has 0 unspecified atom stereocenters. The van der Waals surface area contributed by atoms with E-state index in [1.807, 2.05) is 60.7 Å². The van der Waals surface area contributed by atoms with Gasteiger partial charge in [0.2, 0.25) is 7.37 Å². The Balaban J connectivity index is 2.05. The van der Waals surface area contributed by atoms with Crippen molar-refractivity contribution in [3.63, 3.8) is 0 Å². The minimum Gasteiger partial charge on any atom is -0.293 e. The van der Waals surface area contributed by atoms with Gasteiger partial charge in [-0.15, -0.1) is 0 Å². The van der Waals surface area contributed by atoms with Crippen molar-refractivity contribution in [3.05, 3.63) is 71.8 Å². The van der Waals surface area contributed by atoms with Gasteiger partial charge in [0.1, 0.15) is 0 Å². The second-order valence-electron chi connectivity index (χ2n) is 5.30. The molecule has 23 heavy (non-hydrogen) atoms. The Labute approximate surface area is 136 Å². The topological polar surface area (TPSA) is 61.8 Å². The molecule has 0 aliphatic carbocycles. The van der Waals surface area contributed by atoms with Gasteiger partial charge in [0.15, 0.2) is 0 Å². The monoisotopic (exact) mass is 354 g/mol. The molecule has 5 nitrogen and oxygen atoms in total. The van der Waals surface area contributed by atoms with Gasteiger partial charge in [0.25, 0.3) is 0 Å². The fraction of sp³-hybridized carbons (Fsp3) is 0.250. The van der Waals surface area contributed by atoms with Crippen molar-refractivity contribution in [2.24, 2.45) is 0 Å². The van der Waals surface area contributed by atoms with E-state index in [0.29, 0.717) is 0 Å². The summed E-state index contributed by atoms with van der Waals surface area (Å²) >= 11 is 0. The van der Waals surface area contributed by atoms with Crippen molar-refractivity contribution >= 4 is 15.2 Å². The quantitative estimate of drug-likeness (QED) is 0.619. The molecule has 7 heteroatoms. The van der Waals surface area contributed by atoms with E-state index in [4.69, 9.17) is 13.4 Å². The molecule has 124 valence electrons. The molecule has 0 aliphatic heterocycles. The predicted molar refractivity (Wildman–Crippen MR) is 90.6 cm³/mol. The third-order valence-corrected chi connectivity index (χ3v) is 6.02. The summed E-state index contributed by atoms with van der Waals surface area (Å²) in [5.41, 5.74) is 1.64. The lowest BCUT2D eigenvalue weighted by Crippen LogP contribution is -2.00. The van der Waals surface area contributed by atoms with Gasteiger partial charge in [-0.1, -0.05) is 60.7 Å². The smallest absolute Gasteiger partial charge is 0.293 e. The third kappa shape index (κ3) is 6.82. The molecule has 0 fully saturated rings. The van der Waals surface area contributed by atoms with Gasteiger partial charge >= 0.3 is 7.82 Å². The van der Waals surface area contributed by atoms with E-state index >= 15 is 0 Å². The van der Waals surface area contributed by atoms with Gasteiger partial charge < -0.3 is 0 Å². The molecule has 0 aliphatic rings. The van der Waals surface area contributed by atoms with Gasteiger partial charge in [0, 0.05) is 13.3 Å². The van der Waals surface area contributed by atoms with Crippen LogP contribution in [0, 0.1) is 0 Å². The molecular formula is C16H20O5P2. The van der Waals surface area contributed by atoms with Gasteiger partial charge in [-0.05, 0) is 11.1 Å². The number of hydrogen-bond acceptors (Lipinski definition) is 5. The lowest BCUT2D eigenvalue weighted by atomic mass is 10.2. The normalized spacial score (nSPS) is 12.3. The zero-order valence-corrected chi connectivity index (χ0v) is 14.9. The summed E-state index contributed by atoms with van der Waals surface area (Å²) in [6, 6.07) is 18.5. The Morgan fingerprint density at radius 1 is 0.739 bits per heavy atom. The molecule has 0 saturated heterocycles. The van der Waals surface area contributed by atoms with Gasteiger partial charge in [-0.2, -0.15) is 0 Å². The first-order valence-corrected chi connectivity index (χ1v) is 11.1. The summed E-state index contributed by atoms with van der Waals surface area (Å²) in [5, 5.41) is 0. The second-order valence-corrected chi connectivity index (χ2v) is 9.87. The van der Waals surface area contributed by atoms with Crippen LogP contribution in [0.5, 0.6) is 0 Å². The zero-order chi connectivity index (χ0) is 16.8. The van der Waals surface area contributed by atoms with Crippen LogP contribution in [-0.4, -0.2) is 13.3 Å². The summed E-state index contributed by atoms with van der Waals surface area (Å²) in [7, 11) is -6.98. The van der Waals surface area contributed by atoms with Gasteiger partial charge in [0.05, 0.1) is 13.2 Å². The van der Waals surface area contributed by atoms with Gasteiger partial charge in [-0.25, -0.2) is 8.88 Å². The molecule has 0 heterocycles. The van der Waals surface area contributed by atoms with Crippen molar-refractivity contribution in [2.45, 2.75) is 13.2 Å². The van der Waals surface area contributed by atoms with Crippen LogP contribution in [0.4, 0.5) is 0 Å². The van der Waals surface area contributed by atoms with Crippen molar-refractivity contribution in [2.75, 3.05) is 13.3 Å². The molecule has 0 radical (unpaired) electrons. The van der Waals surface area contributed by atoms with Crippen molar-refractivity contribution in [1.82, 2.24) is 0 Å². The minimum absolute atomic E-state index is 0.0485. The Morgan fingerprint density at radius 3 is 1.48 bits per heavy atom. The number of benzene rings is 2. The zero-order valence-electron chi connectivity index (χ0n) is 13.1. The molecule has 0 bridgehead atoms. The maximum atomic E-state index is 12.7. The van der Waals surface area contributed by atoms with E-state index in [0.717, 1.165) is 11.1 Å². The van der Waals surface area contributed by atoms with E-state index in [1.54, 1.807) is 0 Å². The second kappa shape index (κ2) is 8.05. The standard InChI is InChI=1S/C16H20O5P2/c1-22(2,17)21-23(18,19-13-15-9-5-3-6-10-15)20-14-16-11-7-4-8-12-16/h3-12H,13-14H2,1-2H3. The number of rotatable bonds is 8. The first-order chi connectivity index (χ1) is 10.9. The molecule has 0 spiro atoms. The number of hydrogen-bond donors (Lipinski definition) is 0. The lowest BCUT2D eigenvalue weighted by molar-refractivity contribution is 0.145. The molecule has 0 N–H and O–H groups in total. The average molecular weight is 354 g/mol. The van der Waals surface area contributed by atoms with E-state index in [9.17, 15) is 9.13 Å². The maximum absolute atomic E-state index is 12.7. The van der Waals surface area contributed by atoms with Crippen molar-refractivity contribution in [1.29, 1.82) is 0 Å². The summed E-state index contributed by atoms with van der Waals surface area (Å²) in [4.78, 5) is 0. The Morgan fingerprint density at radius 2 is 1.13 bits per heavy atom. The maximum Gasteiger partial charge on any atom is 0.481 e. The Kier molecular flexibility index (Phi) is 6.34. The average Bonchev–Trinajstić information content (AvgIpc) is 2.52. The lowest BCUT2D eigenvalue weighted by Gasteiger charge is -2.20. The van der Waals surface area contributed by atoms with Crippen molar-refractivity contribution < 1.29 is 22.5 Å². The molecule has 0 atom stereocenters. The molecule has 0 aromatic heterocycles. The largest absolute Gasteiger partial charge is 0.481 e. The SMILES string of the molecule is CP(C)(=O)OP(=O)(OCc1ccccc1)OCc1ccccc1. The third-order valence-electron chi connectivity index (χ3n) is 2.76. The molecule has 2 aromatic carbocycles. The van der Waals surface area contributed by atoms with E-state index in [2.05, 4.69) is 0 Å². The Bertz CT molecular complexity index is 649. The van der Waals surface area contributed by atoms with Crippen LogP contribution < -0.4 is 0 Å². The Hall–Kier alpha value is -1.22. The molecular weight excluding hydrogens is 334 g/mol. The van der Waals surface area contributed by atoms with Crippen LogP contribution in [0.3, 0.4) is 0 Å². The van der Waals surface area contributed by atoms with E-state index in [1.165, 1.54) is 13.3 Å². The van der Waals surface area contributed by atoms with Gasteiger partial charge in [-0.3, -0.25) is 13.6 Å². The number of phosphoric ester groups is 1. The van der Waals surface area contributed by atoms with Crippen molar-refractivity contribution in [3.8, 4) is 0 Å². The fourth-order valence-corrected chi connectivity index (χ4v) is 4.77. The van der Waals surface area contributed by atoms with E-state index in [-0.39, 0.29) is 13.2 Å². The van der Waals surface area contributed by atoms with Crippen LogP contribution in [0.25, 0.3) is 0 Å². The predicted octanol–water partition coefficient (Wildman–Crippen LogP) is 5.08. The van der Waals surface area contributed by atoms with Crippen LogP contribution in [0.15, 0.2) is 60.7 Å². The number of phosphoric acid groups is 1. The molecule has 2 rings (SSSR count). The first-order valence-electron chi connectivity index (χ1n) is 7.10.